The molecule has 0 atom stereocenters. The third-order valence-electron chi connectivity index (χ3n) is 6.74. The van der Waals surface area contributed by atoms with Crippen molar-refractivity contribution in [2.24, 2.45) is 7.05 Å². The molecule has 7 heteroatoms. The molecule has 0 saturated heterocycles. The van der Waals surface area contributed by atoms with Crippen molar-refractivity contribution in [3.05, 3.63) is 65.9 Å². The quantitative estimate of drug-likeness (QED) is 0.194. The van der Waals surface area contributed by atoms with E-state index >= 15 is 0 Å². The van der Waals surface area contributed by atoms with E-state index in [0.717, 1.165) is 27.0 Å². The molecule has 2 aromatic carbocycles. The van der Waals surface area contributed by atoms with E-state index in [2.05, 4.69) is 109 Å². The molecule has 0 spiro atoms. The van der Waals surface area contributed by atoms with Crippen molar-refractivity contribution < 1.29 is 8.96 Å². The van der Waals surface area contributed by atoms with Crippen LogP contribution >= 0.6 is 11.3 Å². The second-order valence-electron chi connectivity index (χ2n) is 11.4. The number of rotatable bonds is 3. The Morgan fingerprint density at radius 1 is 1.00 bits per heavy atom. The number of pyridine rings is 1. The molecule has 0 aliphatic rings. The van der Waals surface area contributed by atoms with Gasteiger partial charge < -0.3 is 0 Å². The van der Waals surface area contributed by atoms with Gasteiger partial charge in [-0.15, -0.1) is 0 Å². The molecule has 0 radical (unpaired) electrons. The first-order valence-electron chi connectivity index (χ1n) is 11.9. The van der Waals surface area contributed by atoms with Crippen molar-refractivity contribution in [2.75, 3.05) is 0 Å². The zero-order chi connectivity index (χ0) is 25.3. The summed E-state index contributed by atoms with van der Waals surface area (Å²) in [6, 6.07) is 15.2. The first-order chi connectivity index (χ1) is 16.4. The molecule has 0 aliphatic heterocycles. The predicted molar refractivity (Wildman–Crippen MR) is 147 cm³/mol. The van der Waals surface area contributed by atoms with Crippen LogP contribution in [-0.4, -0.2) is 27.9 Å². The van der Waals surface area contributed by atoms with E-state index in [1.807, 2.05) is 6.07 Å². The summed E-state index contributed by atoms with van der Waals surface area (Å²) in [6.45, 7) is 8.97. The third-order valence-corrected chi connectivity index (χ3v) is 12.0. The van der Waals surface area contributed by atoms with Gasteiger partial charge in [0.1, 0.15) is 0 Å². The standard InChI is InChI=1S/C28H32FGeN4S/c1-17-13-14-22-25(35-27-32-31-26(29)34(22)27)24(17)23-15-19(21(16-33(23)8)30(5,6)7)18-11-9-10-12-20(18)28(2,3)4/h9-16H,1-8H3/q+1. The van der Waals surface area contributed by atoms with Crippen LogP contribution in [0.2, 0.25) is 17.3 Å². The number of benzene rings is 2. The summed E-state index contributed by atoms with van der Waals surface area (Å²) in [5, 5.41) is 7.68. The topological polar surface area (TPSA) is 34.1 Å². The maximum absolute atomic E-state index is 14.4. The van der Waals surface area contributed by atoms with Crippen LogP contribution in [0.1, 0.15) is 31.9 Å². The molecule has 0 amide bonds. The normalized spacial score (nSPS) is 12.7. The second kappa shape index (κ2) is 8.24. The van der Waals surface area contributed by atoms with Gasteiger partial charge in [0.05, 0.1) is 0 Å². The van der Waals surface area contributed by atoms with Crippen LogP contribution in [0.3, 0.4) is 0 Å². The minimum absolute atomic E-state index is 0.0242. The number of thiazole rings is 1. The van der Waals surface area contributed by atoms with E-state index in [-0.39, 0.29) is 5.41 Å². The van der Waals surface area contributed by atoms with Gasteiger partial charge in [-0.3, -0.25) is 0 Å². The SMILES string of the molecule is Cc1ccc2c(sc3nnc(F)n32)c1-c1cc(-c2ccccc2C(C)(C)C)[c]([Ge]([CH3])([CH3])[CH3])c[n+]1C. The van der Waals surface area contributed by atoms with Crippen LogP contribution in [0.15, 0.2) is 48.7 Å². The molecule has 0 bridgehead atoms. The minimum atomic E-state index is -2.25. The van der Waals surface area contributed by atoms with Gasteiger partial charge in [0.25, 0.3) is 0 Å². The molecule has 0 aliphatic carbocycles. The fourth-order valence-electron chi connectivity index (χ4n) is 4.97. The summed E-state index contributed by atoms with van der Waals surface area (Å²) in [5.41, 5.74) is 8.22. The number of hydrogen-bond donors (Lipinski definition) is 0. The Labute approximate surface area is 212 Å². The van der Waals surface area contributed by atoms with Crippen LogP contribution < -0.4 is 8.96 Å². The average molecular weight is 548 g/mol. The van der Waals surface area contributed by atoms with E-state index in [9.17, 15) is 4.39 Å². The van der Waals surface area contributed by atoms with Crippen molar-refractivity contribution in [3.63, 3.8) is 0 Å². The predicted octanol–water partition coefficient (Wildman–Crippen LogP) is 6.39. The molecule has 0 fully saturated rings. The number of aryl methyl sites for hydroxylation is 2. The van der Waals surface area contributed by atoms with E-state index in [4.69, 9.17) is 0 Å². The zero-order valence-electron chi connectivity index (χ0n) is 21.7. The van der Waals surface area contributed by atoms with E-state index in [0.29, 0.717) is 4.96 Å². The van der Waals surface area contributed by atoms with Gasteiger partial charge in [0.15, 0.2) is 0 Å². The van der Waals surface area contributed by atoms with Crippen LogP contribution in [0.4, 0.5) is 4.39 Å². The first kappa shape index (κ1) is 24.1. The Hall–Kier alpha value is -2.58. The molecule has 3 heterocycles. The molecule has 5 rings (SSSR count). The molecule has 35 heavy (non-hydrogen) atoms. The monoisotopic (exact) mass is 549 g/mol. The molecule has 0 N–H and O–H groups in total. The Balaban J connectivity index is 1.88. The van der Waals surface area contributed by atoms with Gasteiger partial charge in [0, 0.05) is 0 Å². The summed E-state index contributed by atoms with van der Waals surface area (Å²) in [6.07, 6.45) is 1.78. The summed E-state index contributed by atoms with van der Waals surface area (Å²) in [5.74, 6) is 7.36. The molecule has 4 nitrogen and oxygen atoms in total. The number of fused-ring (bicyclic) bond motifs is 3. The fourth-order valence-corrected chi connectivity index (χ4v) is 9.48. The second-order valence-corrected chi connectivity index (χ2v) is 23.0. The van der Waals surface area contributed by atoms with Gasteiger partial charge in [-0.2, -0.15) is 0 Å². The summed E-state index contributed by atoms with van der Waals surface area (Å²) < 4.78 is 20.7. The number of nitrogens with zero attached hydrogens (tertiary/aromatic N) is 4. The van der Waals surface area contributed by atoms with Crippen molar-refractivity contribution in [2.45, 2.75) is 50.4 Å². The Morgan fingerprint density at radius 2 is 1.71 bits per heavy atom. The Kier molecular flexibility index (Phi) is 5.68. The Bertz CT molecular complexity index is 1600. The van der Waals surface area contributed by atoms with Crippen LogP contribution in [0.5, 0.6) is 0 Å². The van der Waals surface area contributed by atoms with Crippen molar-refractivity contribution >= 4 is 44.2 Å². The average Bonchev–Trinajstić information content (AvgIpc) is 3.32. The fraction of sp³-hybridized carbons (Fsp3) is 0.321. The first-order valence-corrected chi connectivity index (χ1v) is 20.1. The molecule has 180 valence electrons. The van der Waals surface area contributed by atoms with E-state index in [1.54, 1.807) is 0 Å². The summed E-state index contributed by atoms with van der Waals surface area (Å²) >= 11 is -0.757. The van der Waals surface area contributed by atoms with Gasteiger partial charge in [-0.05, 0) is 0 Å². The van der Waals surface area contributed by atoms with Gasteiger partial charge in [-0.25, -0.2) is 0 Å². The van der Waals surface area contributed by atoms with Gasteiger partial charge in [0.2, 0.25) is 0 Å². The number of hydrogen-bond acceptors (Lipinski definition) is 3. The van der Waals surface area contributed by atoms with Gasteiger partial charge >= 0.3 is 213 Å². The molecular formula is C28H32FGeN4S+. The maximum atomic E-state index is 14.4. The van der Waals surface area contributed by atoms with Crippen LogP contribution in [0.25, 0.3) is 37.6 Å². The Morgan fingerprint density at radius 3 is 2.40 bits per heavy atom. The van der Waals surface area contributed by atoms with Crippen LogP contribution in [0, 0.1) is 13.0 Å². The zero-order valence-corrected chi connectivity index (χ0v) is 24.6. The van der Waals surface area contributed by atoms with Crippen molar-refractivity contribution in [1.29, 1.82) is 0 Å². The number of halogens is 1. The summed E-state index contributed by atoms with van der Waals surface area (Å²) in [7, 11) is 2.13. The molecule has 3 aromatic heterocycles. The van der Waals surface area contributed by atoms with Gasteiger partial charge in [-0.1, -0.05) is 0 Å². The van der Waals surface area contributed by atoms with E-state index in [1.165, 1.54) is 36.8 Å². The van der Waals surface area contributed by atoms with Crippen LogP contribution in [-0.2, 0) is 12.5 Å². The molecule has 5 aromatic rings. The third kappa shape index (κ3) is 4.00. The summed E-state index contributed by atoms with van der Waals surface area (Å²) in [4.78, 5) is 0.576. The number of aromatic nitrogens is 4. The van der Waals surface area contributed by atoms with Crippen molar-refractivity contribution in [3.8, 4) is 22.4 Å². The van der Waals surface area contributed by atoms with E-state index < -0.39 is 19.3 Å². The van der Waals surface area contributed by atoms with Crippen molar-refractivity contribution in [1.82, 2.24) is 14.6 Å². The molecular weight excluding hydrogens is 516 g/mol. The molecule has 0 saturated carbocycles. The molecule has 0 unspecified atom stereocenters.